The van der Waals surface area contributed by atoms with Gasteiger partial charge in [-0.1, -0.05) is 17.7 Å². The lowest BCUT2D eigenvalue weighted by atomic mass is 10.2. The highest BCUT2D eigenvalue weighted by Crippen LogP contribution is 2.28. The number of methoxy groups -OCH3 is 1. The number of amides is 1. The van der Waals surface area contributed by atoms with Crippen LogP contribution in [0.25, 0.3) is 0 Å². The maximum Gasteiger partial charge on any atom is 0.271 e. The van der Waals surface area contributed by atoms with Crippen LogP contribution in [0.3, 0.4) is 0 Å². The van der Waals surface area contributed by atoms with Crippen molar-refractivity contribution in [2.24, 2.45) is 5.10 Å². The fourth-order valence-corrected chi connectivity index (χ4v) is 3.74. The molecule has 0 fully saturated rings. The number of hydrogen-bond donors (Lipinski definition) is 3. The molecule has 0 aliphatic rings. The molecule has 0 spiro atoms. The summed E-state index contributed by atoms with van der Waals surface area (Å²) >= 11 is 5.78. The minimum absolute atomic E-state index is 0.0638. The molecule has 3 aromatic carbocycles. The molecule has 3 aromatic rings. The van der Waals surface area contributed by atoms with Gasteiger partial charge >= 0.3 is 0 Å². The van der Waals surface area contributed by atoms with Crippen LogP contribution in [0.5, 0.6) is 11.5 Å². The number of benzene rings is 3. The first kappa shape index (κ1) is 22.1. The summed E-state index contributed by atoms with van der Waals surface area (Å²) in [6, 6.07) is 16.4. The number of phenols is 1. The Morgan fingerprint density at radius 3 is 2.39 bits per heavy atom. The largest absolute Gasteiger partial charge is 0.504 e. The molecule has 160 valence electrons. The number of aromatic hydroxyl groups is 1. The van der Waals surface area contributed by atoms with E-state index in [4.69, 9.17) is 16.3 Å². The van der Waals surface area contributed by atoms with Crippen molar-refractivity contribution in [3.05, 3.63) is 82.9 Å². The van der Waals surface area contributed by atoms with E-state index in [2.05, 4.69) is 15.2 Å². The van der Waals surface area contributed by atoms with Crippen LogP contribution in [0.4, 0.5) is 5.69 Å². The predicted molar refractivity (Wildman–Crippen MR) is 118 cm³/mol. The predicted octanol–water partition coefficient (Wildman–Crippen LogP) is 3.62. The smallest absolute Gasteiger partial charge is 0.271 e. The van der Waals surface area contributed by atoms with Crippen LogP contribution in [-0.4, -0.2) is 32.8 Å². The van der Waals surface area contributed by atoms with Gasteiger partial charge in [0.25, 0.3) is 15.9 Å². The first-order valence-electron chi connectivity index (χ1n) is 8.88. The van der Waals surface area contributed by atoms with Gasteiger partial charge in [-0.05, 0) is 60.7 Å². The Kier molecular flexibility index (Phi) is 6.78. The van der Waals surface area contributed by atoms with Crippen LogP contribution in [0.1, 0.15) is 15.9 Å². The zero-order valence-corrected chi connectivity index (χ0v) is 17.8. The number of nitrogens with one attached hydrogen (secondary N) is 2. The van der Waals surface area contributed by atoms with Gasteiger partial charge in [-0.3, -0.25) is 9.52 Å². The van der Waals surface area contributed by atoms with Gasteiger partial charge in [-0.25, -0.2) is 13.8 Å². The van der Waals surface area contributed by atoms with Gasteiger partial charge in [-0.15, -0.1) is 0 Å². The van der Waals surface area contributed by atoms with Crippen molar-refractivity contribution in [2.75, 3.05) is 11.8 Å². The number of halogens is 1. The van der Waals surface area contributed by atoms with E-state index in [1.54, 1.807) is 18.2 Å². The molecule has 0 atom stereocenters. The summed E-state index contributed by atoms with van der Waals surface area (Å²) in [6.45, 7) is 0. The number of carbonyl (C=O) groups excluding carboxylic acids is 1. The van der Waals surface area contributed by atoms with Crippen molar-refractivity contribution in [2.45, 2.75) is 4.90 Å². The zero-order chi connectivity index (χ0) is 22.4. The lowest BCUT2D eigenvalue weighted by Crippen LogP contribution is -2.18. The molecule has 31 heavy (non-hydrogen) atoms. The number of hydrazone groups is 1. The number of rotatable bonds is 7. The fraction of sp³-hybridized carbons (Fsp3) is 0.0476. The van der Waals surface area contributed by atoms with Gasteiger partial charge in [0.1, 0.15) is 0 Å². The molecule has 0 saturated carbocycles. The Labute approximate surface area is 184 Å². The Morgan fingerprint density at radius 1 is 1.06 bits per heavy atom. The molecule has 0 bridgehead atoms. The second-order valence-corrected chi connectivity index (χ2v) is 8.35. The highest BCUT2D eigenvalue weighted by Gasteiger charge is 2.14. The zero-order valence-electron chi connectivity index (χ0n) is 16.2. The standard InChI is InChI=1S/C21H18ClN3O5S/c1-30-19-4-2-3-15(20(19)26)13-23-24-21(27)14-5-9-17(10-6-14)25-31(28,29)18-11-7-16(22)8-12-18/h2-13,25-26H,1H3,(H,24,27). The molecule has 1 amide bonds. The lowest BCUT2D eigenvalue weighted by Gasteiger charge is -2.09. The molecule has 0 unspecified atom stereocenters. The first-order valence-corrected chi connectivity index (χ1v) is 10.7. The summed E-state index contributed by atoms with van der Waals surface area (Å²) in [7, 11) is -2.36. The first-order chi connectivity index (χ1) is 14.8. The summed E-state index contributed by atoms with van der Waals surface area (Å²) in [5.74, 6) is -0.321. The van der Waals surface area contributed by atoms with Crippen molar-refractivity contribution in [3.8, 4) is 11.5 Å². The second kappa shape index (κ2) is 9.50. The maximum absolute atomic E-state index is 12.4. The van der Waals surface area contributed by atoms with Crippen LogP contribution in [0, 0.1) is 0 Å². The summed E-state index contributed by atoms with van der Waals surface area (Å²) in [4.78, 5) is 12.3. The summed E-state index contributed by atoms with van der Waals surface area (Å²) in [6.07, 6.45) is 1.28. The maximum atomic E-state index is 12.4. The molecule has 3 N–H and O–H groups in total. The van der Waals surface area contributed by atoms with E-state index >= 15 is 0 Å². The Morgan fingerprint density at radius 2 is 1.74 bits per heavy atom. The van der Waals surface area contributed by atoms with Crippen molar-refractivity contribution >= 4 is 39.4 Å². The number of ether oxygens (including phenoxy) is 1. The summed E-state index contributed by atoms with van der Waals surface area (Å²) < 4.78 is 32.2. The fourth-order valence-electron chi connectivity index (χ4n) is 2.55. The normalized spacial score (nSPS) is 11.3. The van der Waals surface area contributed by atoms with Gasteiger partial charge in [0.2, 0.25) is 0 Å². The van der Waals surface area contributed by atoms with Crippen molar-refractivity contribution in [3.63, 3.8) is 0 Å². The number of para-hydroxylation sites is 1. The summed E-state index contributed by atoms with van der Waals surface area (Å²) in [5.41, 5.74) is 3.26. The van der Waals surface area contributed by atoms with Crippen LogP contribution in [-0.2, 0) is 10.0 Å². The third-order valence-electron chi connectivity index (χ3n) is 4.14. The van der Waals surface area contributed by atoms with Crippen molar-refractivity contribution in [1.82, 2.24) is 5.43 Å². The van der Waals surface area contributed by atoms with Gasteiger partial charge in [0, 0.05) is 21.8 Å². The topological polar surface area (TPSA) is 117 Å². The van der Waals surface area contributed by atoms with Crippen molar-refractivity contribution < 1.29 is 23.1 Å². The number of hydrogen-bond acceptors (Lipinski definition) is 6. The van der Waals surface area contributed by atoms with E-state index in [0.717, 1.165) is 0 Å². The number of phenolic OH excluding ortho intramolecular Hbond substituents is 1. The van der Waals surface area contributed by atoms with Gasteiger partial charge < -0.3 is 9.84 Å². The quantitative estimate of drug-likeness (QED) is 0.368. The minimum Gasteiger partial charge on any atom is -0.504 e. The van der Waals surface area contributed by atoms with Crippen LogP contribution in [0.2, 0.25) is 5.02 Å². The second-order valence-electron chi connectivity index (χ2n) is 6.23. The molecule has 10 heteroatoms. The van der Waals surface area contributed by atoms with Crippen LogP contribution < -0.4 is 14.9 Å². The number of nitrogens with zero attached hydrogens (tertiary/aromatic N) is 1. The van der Waals surface area contributed by atoms with E-state index in [1.165, 1.54) is 61.9 Å². The molecule has 8 nitrogen and oxygen atoms in total. The molecular formula is C21H18ClN3O5S. The highest BCUT2D eigenvalue weighted by atomic mass is 35.5. The Bertz CT molecular complexity index is 1210. The lowest BCUT2D eigenvalue weighted by molar-refractivity contribution is 0.0955. The molecule has 0 aliphatic carbocycles. The summed E-state index contributed by atoms with van der Waals surface area (Å²) in [5, 5.41) is 14.2. The van der Waals surface area contributed by atoms with E-state index in [0.29, 0.717) is 10.6 Å². The monoisotopic (exact) mass is 459 g/mol. The van der Waals surface area contributed by atoms with Crippen molar-refractivity contribution in [1.29, 1.82) is 0 Å². The molecule has 0 aromatic heterocycles. The molecule has 0 saturated heterocycles. The number of carbonyl (C=O) groups is 1. The van der Waals surface area contributed by atoms with Gasteiger partial charge in [0.15, 0.2) is 11.5 Å². The average molecular weight is 460 g/mol. The van der Waals surface area contributed by atoms with Gasteiger partial charge in [0.05, 0.1) is 18.2 Å². The molecule has 0 aliphatic heterocycles. The van der Waals surface area contributed by atoms with E-state index in [9.17, 15) is 18.3 Å². The minimum atomic E-state index is -3.78. The van der Waals surface area contributed by atoms with E-state index in [-0.39, 0.29) is 27.6 Å². The Hall–Kier alpha value is -3.56. The highest BCUT2D eigenvalue weighted by molar-refractivity contribution is 7.92. The van der Waals surface area contributed by atoms with E-state index < -0.39 is 15.9 Å². The third kappa shape index (κ3) is 5.53. The molecule has 0 heterocycles. The molecule has 0 radical (unpaired) electrons. The number of anilines is 1. The SMILES string of the molecule is COc1cccc(C=NNC(=O)c2ccc(NS(=O)(=O)c3ccc(Cl)cc3)cc2)c1O. The van der Waals surface area contributed by atoms with Crippen LogP contribution >= 0.6 is 11.6 Å². The molecular weight excluding hydrogens is 442 g/mol. The molecule has 3 rings (SSSR count). The Balaban J connectivity index is 1.64. The van der Waals surface area contributed by atoms with Gasteiger partial charge in [-0.2, -0.15) is 5.10 Å². The number of sulfonamides is 1. The van der Waals surface area contributed by atoms with Crippen LogP contribution in [0.15, 0.2) is 76.7 Å². The van der Waals surface area contributed by atoms with E-state index in [1.807, 2.05) is 0 Å². The third-order valence-corrected chi connectivity index (χ3v) is 5.79. The average Bonchev–Trinajstić information content (AvgIpc) is 2.75.